The monoisotopic (exact) mass is 312 g/mol. The largest absolute Gasteiger partial charge is 0.369 e. The van der Waals surface area contributed by atoms with Crippen LogP contribution in [0.3, 0.4) is 0 Å². The number of piperazine rings is 1. The van der Waals surface area contributed by atoms with Gasteiger partial charge in [-0.1, -0.05) is 22.0 Å². The Labute approximate surface area is 116 Å². The Hall–Kier alpha value is -0.610. The van der Waals surface area contributed by atoms with Crippen LogP contribution in [-0.2, 0) is 5.33 Å². The fourth-order valence-corrected chi connectivity index (χ4v) is 3.30. The summed E-state index contributed by atoms with van der Waals surface area (Å²) in [5.74, 6) is -0.103. The summed E-state index contributed by atoms with van der Waals surface area (Å²) < 4.78 is 13.8. The Bertz CT molecular complexity index is 426. The molecular weight excluding hydrogens is 295 g/mol. The fraction of sp³-hybridized carbons (Fsp3) is 0.571. The molecule has 2 fully saturated rings. The zero-order chi connectivity index (χ0) is 12.5. The molecule has 0 N–H and O–H groups in total. The van der Waals surface area contributed by atoms with Crippen molar-refractivity contribution in [1.29, 1.82) is 0 Å². The standard InChI is InChI=1S/C14H18BrFN2/c15-10-12-13(16)2-1-3-14(12)18-8-6-17(7-9-18)11-4-5-11/h1-3,11H,4-10H2. The maximum atomic E-state index is 13.8. The molecule has 1 aromatic carbocycles. The van der Waals surface area contributed by atoms with Crippen LogP contribution >= 0.6 is 15.9 Å². The van der Waals surface area contributed by atoms with E-state index in [9.17, 15) is 4.39 Å². The molecule has 0 atom stereocenters. The van der Waals surface area contributed by atoms with E-state index in [0.29, 0.717) is 5.33 Å². The highest BCUT2D eigenvalue weighted by Crippen LogP contribution is 2.30. The second kappa shape index (κ2) is 5.17. The highest BCUT2D eigenvalue weighted by Gasteiger charge is 2.31. The van der Waals surface area contributed by atoms with Crippen molar-refractivity contribution < 1.29 is 4.39 Å². The van der Waals surface area contributed by atoms with Crippen LogP contribution in [0.25, 0.3) is 0 Å². The molecule has 2 aliphatic rings. The Morgan fingerprint density at radius 1 is 1.17 bits per heavy atom. The third-order valence-corrected chi connectivity index (χ3v) is 4.51. The van der Waals surface area contributed by atoms with E-state index in [1.807, 2.05) is 12.1 Å². The average molecular weight is 313 g/mol. The minimum absolute atomic E-state index is 0.103. The number of anilines is 1. The summed E-state index contributed by atoms with van der Waals surface area (Å²) in [7, 11) is 0. The lowest BCUT2D eigenvalue weighted by atomic mass is 10.1. The smallest absolute Gasteiger partial charge is 0.129 e. The summed E-state index contributed by atoms with van der Waals surface area (Å²) in [6.45, 7) is 4.26. The zero-order valence-electron chi connectivity index (χ0n) is 10.4. The van der Waals surface area contributed by atoms with E-state index in [1.54, 1.807) is 6.07 Å². The minimum Gasteiger partial charge on any atom is -0.369 e. The Morgan fingerprint density at radius 3 is 2.50 bits per heavy atom. The van der Waals surface area contributed by atoms with Crippen molar-refractivity contribution in [1.82, 2.24) is 4.90 Å². The summed E-state index contributed by atoms with van der Waals surface area (Å²) in [6.07, 6.45) is 2.74. The third kappa shape index (κ3) is 2.41. The first-order valence-corrected chi connectivity index (χ1v) is 7.74. The van der Waals surface area contributed by atoms with Crippen LogP contribution in [0.2, 0.25) is 0 Å². The van der Waals surface area contributed by atoms with Gasteiger partial charge in [-0.2, -0.15) is 0 Å². The summed E-state index contributed by atoms with van der Waals surface area (Å²) in [5.41, 5.74) is 1.85. The average Bonchev–Trinajstić information content (AvgIpc) is 3.23. The molecule has 0 aromatic heterocycles. The number of hydrogen-bond acceptors (Lipinski definition) is 2. The van der Waals surface area contributed by atoms with Gasteiger partial charge in [0.15, 0.2) is 0 Å². The highest BCUT2D eigenvalue weighted by molar-refractivity contribution is 9.08. The first-order chi connectivity index (χ1) is 8.79. The van der Waals surface area contributed by atoms with Gasteiger partial charge in [-0.25, -0.2) is 4.39 Å². The van der Waals surface area contributed by atoms with Crippen molar-refractivity contribution in [3.63, 3.8) is 0 Å². The summed E-state index contributed by atoms with van der Waals surface area (Å²) >= 11 is 3.39. The molecule has 2 nitrogen and oxygen atoms in total. The van der Waals surface area contributed by atoms with Crippen molar-refractivity contribution in [3.8, 4) is 0 Å². The van der Waals surface area contributed by atoms with Crippen molar-refractivity contribution in [2.45, 2.75) is 24.2 Å². The molecule has 1 aromatic rings. The maximum absolute atomic E-state index is 13.8. The molecule has 4 heteroatoms. The lowest BCUT2D eigenvalue weighted by molar-refractivity contribution is 0.248. The van der Waals surface area contributed by atoms with Crippen LogP contribution in [0.15, 0.2) is 18.2 Å². The normalized spacial score (nSPS) is 21.3. The van der Waals surface area contributed by atoms with E-state index in [2.05, 4.69) is 25.7 Å². The van der Waals surface area contributed by atoms with E-state index >= 15 is 0 Å². The van der Waals surface area contributed by atoms with Crippen molar-refractivity contribution >= 4 is 21.6 Å². The first-order valence-electron chi connectivity index (χ1n) is 6.62. The van der Waals surface area contributed by atoms with Gasteiger partial charge in [0.2, 0.25) is 0 Å². The molecule has 1 heterocycles. The van der Waals surface area contributed by atoms with Gasteiger partial charge in [-0.05, 0) is 25.0 Å². The summed E-state index contributed by atoms with van der Waals surface area (Å²) in [4.78, 5) is 4.89. The molecule has 1 aliphatic carbocycles. The SMILES string of the molecule is Fc1cccc(N2CCN(C3CC3)CC2)c1CBr. The predicted molar refractivity (Wildman–Crippen MR) is 75.8 cm³/mol. The predicted octanol–water partition coefficient (Wildman–Crippen LogP) is 3.01. The Morgan fingerprint density at radius 2 is 1.89 bits per heavy atom. The van der Waals surface area contributed by atoms with Crippen molar-refractivity contribution in [3.05, 3.63) is 29.6 Å². The van der Waals surface area contributed by atoms with Crippen LogP contribution < -0.4 is 4.90 Å². The topological polar surface area (TPSA) is 6.48 Å². The van der Waals surface area contributed by atoms with Crippen molar-refractivity contribution in [2.24, 2.45) is 0 Å². The molecular formula is C14H18BrFN2. The van der Waals surface area contributed by atoms with Gasteiger partial charge in [0.25, 0.3) is 0 Å². The van der Waals surface area contributed by atoms with Gasteiger partial charge in [-0.3, -0.25) is 4.90 Å². The molecule has 18 heavy (non-hydrogen) atoms. The van der Waals surface area contributed by atoms with Gasteiger partial charge in [0.1, 0.15) is 5.82 Å². The van der Waals surface area contributed by atoms with Crippen LogP contribution in [-0.4, -0.2) is 37.1 Å². The summed E-state index contributed by atoms with van der Waals surface area (Å²) in [5, 5.41) is 0.581. The van der Waals surface area contributed by atoms with E-state index in [4.69, 9.17) is 0 Å². The zero-order valence-corrected chi connectivity index (χ0v) is 12.0. The molecule has 0 radical (unpaired) electrons. The van der Waals surface area contributed by atoms with E-state index in [0.717, 1.165) is 43.5 Å². The molecule has 1 saturated heterocycles. The van der Waals surface area contributed by atoms with Crippen LogP contribution in [0, 0.1) is 5.82 Å². The molecule has 3 rings (SSSR count). The minimum atomic E-state index is -0.103. The van der Waals surface area contributed by atoms with Gasteiger partial charge < -0.3 is 4.90 Å². The molecule has 0 bridgehead atoms. The van der Waals surface area contributed by atoms with Crippen LogP contribution in [0.1, 0.15) is 18.4 Å². The number of halogens is 2. The molecule has 0 unspecified atom stereocenters. The molecule has 1 saturated carbocycles. The fourth-order valence-electron chi connectivity index (χ4n) is 2.74. The van der Waals surface area contributed by atoms with E-state index < -0.39 is 0 Å². The van der Waals surface area contributed by atoms with E-state index in [-0.39, 0.29) is 5.82 Å². The number of alkyl halides is 1. The third-order valence-electron chi connectivity index (χ3n) is 3.95. The van der Waals surface area contributed by atoms with Gasteiger partial charge in [0.05, 0.1) is 0 Å². The van der Waals surface area contributed by atoms with Crippen LogP contribution in [0.5, 0.6) is 0 Å². The lowest BCUT2D eigenvalue weighted by Crippen LogP contribution is -2.47. The number of nitrogens with zero attached hydrogens (tertiary/aromatic N) is 2. The number of rotatable bonds is 3. The molecule has 98 valence electrons. The molecule has 0 spiro atoms. The van der Waals surface area contributed by atoms with Crippen molar-refractivity contribution in [2.75, 3.05) is 31.1 Å². The van der Waals surface area contributed by atoms with Gasteiger partial charge >= 0.3 is 0 Å². The summed E-state index contributed by atoms with van der Waals surface area (Å²) in [6, 6.07) is 6.23. The second-order valence-electron chi connectivity index (χ2n) is 5.13. The highest BCUT2D eigenvalue weighted by atomic mass is 79.9. The lowest BCUT2D eigenvalue weighted by Gasteiger charge is -2.37. The second-order valence-corrected chi connectivity index (χ2v) is 5.69. The maximum Gasteiger partial charge on any atom is 0.129 e. The first kappa shape index (κ1) is 12.4. The van der Waals surface area contributed by atoms with E-state index in [1.165, 1.54) is 12.8 Å². The van der Waals surface area contributed by atoms with Gasteiger partial charge in [-0.15, -0.1) is 0 Å². The molecule has 0 amide bonds. The quantitative estimate of drug-likeness (QED) is 0.792. The number of hydrogen-bond donors (Lipinski definition) is 0. The molecule has 1 aliphatic heterocycles. The number of benzene rings is 1. The Balaban J connectivity index is 1.73. The Kier molecular flexibility index (Phi) is 3.57. The van der Waals surface area contributed by atoms with Gasteiger partial charge in [0, 0.05) is 48.8 Å². The van der Waals surface area contributed by atoms with Crippen LogP contribution in [0.4, 0.5) is 10.1 Å².